The lowest BCUT2D eigenvalue weighted by molar-refractivity contribution is 0.497. The molecule has 1 unspecified atom stereocenters. The molecule has 1 atom stereocenters. The van der Waals surface area contributed by atoms with Crippen molar-refractivity contribution in [2.24, 2.45) is 0 Å². The molecule has 2 aromatic heterocycles. The van der Waals surface area contributed by atoms with Crippen LogP contribution >= 0.6 is 11.3 Å². The molecule has 1 saturated heterocycles. The van der Waals surface area contributed by atoms with Gasteiger partial charge in [-0.25, -0.2) is 18.4 Å². The van der Waals surface area contributed by atoms with Crippen LogP contribution in [-0.2, 0) is 9.84 Å². The van der Waals surface area contributed by atoms with E-state index in [0.29, 0.717) is 34.3 Å². The van der Waals surface area contributed by atoms with Gasteiger partial charge in [-0.15, -0.1) is 10.2 Å². The first-order chi connectivity index (χ1) is 16.0. The Labute approximate surface area is 195 Å². The molecule has 4 aromatic rings. The minimum Gasteiger partial charge on any atom is -0.382 e. The number of aromatic nitrogens is 4. The van der Waals surface area contributed by atoms with Crippen molar-refractivity contribution in [2.45, 2.75) is 23.0 Å². The fourth-order valence-corrected chi connectivity index (χ4v) is 6.37. The summed E-state index contributed by atoms with van der Waals surface area (Å²) in [5.74, 6) is 0.263. The first-order valence-electron chi connectivity index (χ1n) is 10.6. The maximum Gasteiger partial charge on any atom is 0.182 e. The predicted molar refractivity (Wildman–Crippen MR) is 129 cm³/mol. The Balaban J connectivity index is 1.43. The minimum absolute atomic E-state index is 0.263. The number of nitrogens with zero attached hydrogens (tertiary/aromatic N) is 4. The number of benzene rings is 2. The van der Waals surface area contributed by atoms with E-state index in [9.17, 15) is 8.42 Å². The molecule has 5 rings (SSSR count). The Hall–Kier alpha value is -3.21. The van der Waals surface area contributed by atoms with Crippen LogP contribution in [0, 0.1) is 0 Å². The molecular weight excluding hydrogens is 456 g/mol. The van der Waals surface area contributed by atoms with E-state index < -0.39 is 15.1 Å². The number of hydrogen-bond acceptors (Lipinski definition) is 9. The number of piperidine rings is 1. The molecule has 1 fully saturated rings. The second-order valence-electron chi connectivity index (χ2n) is 7.81. The van der Waals surface area contributed by atoms with Gasteiger partial charge < -0.3 is 11.1 Å². The van der Waals surface area contributed by atoms with Crippen LogP contribution in [0.15, 0.2) is 65.7 Å². The highest BCUT2D eigenvalue weighted by Crippen LogP contribution is 2.32. The molecule has 0 saturated carbocycles. The van der Waals surface area contributed by atoms with Crippen LogP contribution in [0.4, 0.5) is 5.82 Å². The largest absolute Gasteiger partial charge is 0.382 e. The molecule has 0 bridgehead atoms. The summed E-state index contributed by atoms with van der Waals surface area (Å²) in [5.41, 5.74) is 8.84. The van der Waals surface area contributed by atoms with Crippen molar-refractivity contribution in [2.75, 3.05) is 18.8 Å². The zero-order chi connectivity index (χ0) is 22.8. The van der Waals surface area contributed by atoms with Crippen molar-refractivity contribution in [3.05, 3.63) is 60.8 Å². The van der Waals surface area contributed by atoms with Crippen LogP contribution in [-0.4, -0.2) is 46.9 Å². The Morgan fingerprint density at radius 2 is 1.73 bits per heavy atom. The number of nitrogens with one attached hydrogen (secondary N) is 1. The van der Waals surface area contributed by atoms with E-state index in [2.05, 4.69) is 25.5 Å². The highest BCUT2D eigenvalue weighted by atomic mass is 32.2. The molecule has 8 nitrogen and oxygen atoms in total. The molecular formula is C23H22N6O2S2. The third-order valence-corrected chi connectivity index (χ3v) is 8.81. The summed E-state index contributed by atoms with van der Waals surface area (Å²) in [6, 6.07) is 16.5. The maximum atomic E-state index is 12.9. The number of nitrogens with two attached hydrogens (primary N) is 1. The quantitative estimate of drug-likeness (QED) is 0.447. The molecule has 3 N–H and O–H groups in total. The van der Waals surface area contributed by atoms with Crippen LogP contribution in [0.1, 0.15) is 12.8 Å². The second kappa shape index (κ2) is 8.97. The minimum atomic E-state index is -3.38. The third kappa shape index (κ3) is 4.37. The highest BCUT2D eigenvalue weighted by molar-refractivity contribution is 7.92. The topological polar surface area (TPSA) is 124 Å². The third-order valence-electron chi connectivity index (χ3n) is 5.62. The van der Waals surface area contributed by atoms with E-state index in [-0.39, 0.29) is 5.82 Å². The molecule has 3 heterocycles. The monoisotopic (exact) mass is 478 g/mol. The van der Waals surface area contributed by atoms with Gasteiger partial charge in [0.25, 0.3) is 0 Å². The number of nitrogen functional groups attached to an aromatic ring is 1. The van der Waals surface area contributed by atoms with Crippen molar-refractivity contribution >= 4 is 27.0 Å². The average molecular weight is 479 g/mol. The number of sulfone groups is 1. The first kappa shape index (κ1) is 21.6. The fraction of sp³-hybridized carbons (Fsp3) is 0.217. The molecule has 168 valence electrons. The van der Waals surface area contributed by atoms with E-state index in [1.54, 1.807) is 30.5 Å². The van der Waals surface area contributed by atoms with Crippen LogP contribution in [0.2, 0.25) is 0 Å². The number of rotatable bonds is 5. The Morgan fingerprint density at radius 1 is 0.970 bits per heavy atom. The SMILES string of the molecule is Nc1ncc(-c2ccc(S(=O)(=O)C3CCCNC3)cc2)nc1-c1nnc(-c2ccccc2)s1. The fourth-order valence-electron chi connectivity index (χ4n) is 3.80. The van der Waals surface area contributed by atoms with Crippen molar-refractivity contribution in [1.29, 1.82) is 0 Å². The van der Waals surface area contributed by atoms with Crippen molar-refractivity contribution < 1.29 is 8.42 Å². The first-order valence-corrected chi connectivity index (χ1v) is 13.0. The second-order valence-corrected chi connectivity index (χ2v) is 11.0. The zero-order valence-corrected chi connectivity index (χ0v) is 19.3. The van der Waals surface area contributed by atoms with Gasteiger partial charge in [0.15, 0.2) is 20.7 Å². The normalized spacial score (nSPS) is 16.5. The molecule has 10 heteroatoms. The standard InChI is InChI=1S/C23H22N6O2S2/c24-21-20(23-29-28-22(32-23)16-5-2-1-3-6-16)27-19(14-26-21)15-8-10-17(11-9-15)33(30,31)18-7-4-12-25-13-18/h1-3,5-6,8-11,14,18,25H,4,7,12-13H2,(H2,24,26). The van der Waals surface area contributed by atoms with Crippen LogP contribution in [0.3, 0.4) is 0 Å². The summed E-state index contributed by atoms with van der Waals surface area (Å²) >= 11 is 1.39. The Bertz CT molecular complexity index is 1370. The summed E-state index contributed by atoms with van der Waals surface area (Å²) in [6.07, 6.45) is 3.12. The van der Waals surface area contributed by atoms with E-state index in [4.69, 9.17) is 5.73 Å². The van der Waals surface area contributed by atoms with E-state index in [0.717, 1.165) is 29.1 Å². The van der Waals surface area contributed by atoms with E-state index in [1.807, 2.05) is 30.3 Å². The van der Waals surface area contributed by atoms with Gasteiger partial charge in [0.05, 0.1) is 22.0 Å². The van der Waals surface area contributed by atoms with Crippen LogP contribution in [0.25, 0.3) is 32.5 Å². The molecule has 33 heavy (non-hydrogen) atoms. The van der Waals surface area contributed by atoms with Gasteiger partial charge in [0, 0.05) is 17.7 Å². The Morgan fingerprint density at radius 3 is 2.45 bits per heavy atom. The van der Waals surface area contributed by atoms with Gasteiger partial charge >= 0.3 is 0 Å². The van der Waals surface area contributed by atoms with Gasteiger partial charge in [-0.3, -0.25) is 0 Å². The predicted octanol–water partition coefficient (Wildman–Crippen LogP) is 3.44. The van der Waals surface area contributed by atoms with Crippen molar-refractivity contribution in [3.8, 4) is 32.5 Å². The average Bonchev–Trinajstić information content (AvgIpc) is 3.36. The maximum absolute atomic E-state index is 12.9. The van der Waals surface area contributed by atoms with E-state index in [1.165, 1.54) is 11.3 Å². The summed E-state index contributed by atoms with van der Waals surface area (Å²) < 4.78 is 25.9. The molecule has 0 aliphatic carbocycles. The molecule has 1 aliphatic heterocycles. The number of anilines is 1. The summed E-state index contributed by atoms with van der Waals surface area (Å²) in [7, 11) is -3.38. The smallest absolute Gasteiger partial charge is 0.182 e. The van der Waals surface area contributed by atoms with Crippen LogP contribution < -0.4 is 11.1 Å². The summed E-state index contributed by atoms with van der Waals surface area (Å²) in [6.45, 7) is 1.36. The van der Waals surface area contributed by atoms with Gasteiger partial charge in [-0.1, -0.05) is 53.8 Å². The number of hydrogen-bond donors (Lipinski definition) is 2. The molecule has 1 aliphatic rings. The lowest BCUT2D eigenvalue weighted by Crippen LogP contribution is -2.38. The van der Waals surface area contributed by atoms with Gasteiger partial charge in [-0.2, -0.15) is 0 Å². The van der Waals surface area contributed by atoms with E-state index >= 15 is 0 Å². The van der Waals surface area contributed by atoms with Crippen molar-refractivity contribution in [3.63, 3.8) is 0 Å². The highest BCUT2D eigenvalue weighted by Gasteiger charge is 2.28. The van der Waals surface area contributed by atoms with Crippen molar-refractivity contribution in [1.82, 2.24) is 25.5 Å². The lowest BCUT2D eigenvalue weighted by Gasteiger charge is -2.22. The summed E-state index contributed by atoms with van der Waals surface area (Å²) in [4.78, 5) is 9.27. The molecule has 0 spiro atoms. The van der Waals surface area contributed by atoms with Crippen LogP contribution in [0.5, 0.6) is 0 Å². The van der Waals surface area contributed by atoms with Gasteiger partial charge in [0.1, 0.15) is 10.7 Å². The molecule has 0 radical (unpaired) electrons. The Kier molecular flexibility index (Phi) is 5.88. The van der Waals surface area contributed by atoms with Gasteiger partial charge in [0.2, 0.25) is 0 Å². The summed E-state index contributed by atoms with van der Waals surface area (Å²) in [5, 5.41) is 12.6. The lowest BCUT2D eigenvalue weighted by atomic mass is 10.1. The van der Waals surface area contributed by atoms with Gasteiger partial charge in [-0.05, 0) is 31.5 Å². The molecule has 2 aromatic carbocycles. The molecule has 0 amide bonds. The zero-order valence-electron chi connectivity index (χ0n) is 17.7.